The van der Waals surface area contributed by atoms with Gasteiger partial charge in [0.25, 0.3) is 0 Å². The number of halogens is 2. The standard InChI is InChI=1S/C10H13ClFNO2S/c1-2-5-13-16(14,15)10-6-8(7-11)3-4-9(10)12/h3-4,6,13H,2,5,7H2,1H3. The maximum Gasteiger partial charge on any atom is 0.243 e. The fraction of sp³-hybridized carbons (Fsp3) is 0.400. The van der Waals surface area contributed by atoms with E-state index in [4.69, 9.17) is 11.6 Å². The Balaban J connectivity index is 3.11. The lowest BCUT2D eigenvalue weighted by Gasteiger charge is -2.07. The number of hydrogen-bond donors (Lipinski definition) is 1. The van der Waals surface area contributed by atoms with E-state index in [2.05, 4.69) is 4.72 Å². The Bertz CT molecular complexity index is 462. The maximum absolute atomic E-state index is 13.4. The summed E-state index contributed by atoms with van der Waals surface area (Å²) in [4.78, 5) is -0.348. The fourth-order valence-electron chi connectivity index (χ4n) is 1.15. The number of alkyl halides is 1. The summed E-state index contributed by atoms with van der Waals surface area (Å²) >= 11 is 5.57. The number of nitrogens with one attached hydrogen (secondary N) is 1. The third-order valence-corrected chi connectivity index (χ3v) is 3.77. The summed E-state index contributed by atoms with van der Waals surface area (Å²) in [6.07, 6.45) is 0.649. The summed E-state index contributed by atoms with van der Waals surface area (Å²) < 4.78 is 39.0. The molecule has 0 heterocycles. The van der Waals surface area contributed by atoms with Gasteiger partial charge in [0.1, 0.15) is 10.7 Å². The molecule has 0 unspecified atom stereocenters. The molecule has 1 N–H and O–H groups in total. The van der Waals surface area contributed by atoms with Crippen molar-refractivity contribution in [3.63, 3.8) is 0 Å². The van der Waals surface area contributed by atoms with Crippen LogP contribution in [0.15, 0.2) is 23.1 Å². The van der Waals surface area contributed by atoms with Crippen molar-refractivity contribution in [2.24, 2.45) is 0 Å². The molecule has 0 atom stereocenters. The van der Waals surface area contributed by atoms with Crippen molar-refractivity contribution in [3.8, 4) is 0 Å². The number of rotatable bonds is 5. The van der Waals surface area contributed by atoms with Gasteiger partial charge < -0.3 is 0 Å². The molecule has 0 aromatic heterocycles. The van der Waals surface area contributed by atoms with Gasteiger partial charge in [-0.3, -0.25) is 0 Å². The highest BCUT2D eigenvalue weighted by Crippen LogP contribution is 2.17. The van der Waals surface area contributed by atoms with Gasteiger partial charge in [-0.2, -0.15) is 0 Å². The monoisotopic (exact) mass is 265 g/mol. The van der Waals surface area contributed by atoms with Crippen molar-refractivity contribution in [1.29, 1.82) is 0 Å². The third kappa shape index (κ3) is 3.17. The Kier molecular flexibility index (Phi) is 4.70. The lowest BCUT2D eigenvalue weighted by atomic mass is 10.2. The molecule has 90 valence electrons. The smallest absolute Gasteiger partial charge is 0.211 e. The first kappa shape index (κ1) is 13.4. The Labute approximate surface area is 99.7 Å². The molecule has 0 saturated heterocycles. The summed E-state index contributed by atoms with van der Waals surface area (Å²) in [5, 5.41) is 0. The molecule has 6 heteroatoms. The minimum atomic E-state index is -3.77. The molecule has 0 spiro atoms. The van der Waals surface area contributed by atoms with Crippen molar-refractivity contribution in [2.45, 2.75) is 24.1 Å². The summed E-state index contributed by atoms with van der Waals surface area (Å²) in [5.41, 5.74) is 0.569. The molecule has 0 bridgehead atoms. The number of hydrogen-bond acceptors (Lipinski definition) is 2. The second kappa shape index (κ2) is 5.61. The Morgan fingerprint density at radius 1 is 1.44 bits per heavy atom. The highest BCUT2D eigenvalue weighted by atomic mass is 35.5. The van der Waals surface area contributed by atoms with Crippen molar-refractivity contribution < 1.29 is 12.8 Å². The lowest BCUT2D eigenvalue weighted by molar-refractivity contribution is 0.556. The Morgan fingerprint density at radius 2 is 2.12 bits per heavy atom. The van der Waals surface area contributed by atoms with Crippen LogP contribution in [0.1, 0.15) is 18.9 Å². The molecule has 0 saturated carbocycles. The van der Waals surface area contributed by atoms with Gasteiger partial charge in [-0.15, -0.1) is 11.6 Å². The molecule has 0 aliphatic carbocycles. The van der Waals surface area contributed by atoms with Gasteiger partial charge in [-0.1, -0.05) is 13.0 Å². The van der Waals surface area contributed by atoms with Gasteiger partial charge in [0.05, 0.1) is 0 Å². The largest absolute Gasteiger partial charge is 0.243 e. The summed E-state index contributed by atoms with van der Waals surface area (Å²) in [7, 11) is -3.77. The van der Waals surface area contributed by atoms with Crippen molar-refractivity contribution >= 4 is 21.6 Å². The van der Waals surface area contributed by atoms with E-state index in [1.165, 1.54) is 12.1 Å². The molecule has 1 aromatic carbocycles. The summed E-state index contributed by atoms with van der Waals surface area (Å²) in [5.74, 6) is -0.617. The zero-order valence-electron chi connectivity index (χ0n) is 8.83. The van der Waals surface area contributed by atoms with Crippen LogP contribution in [0.5, 0.6) is 0 Å². The van der Waals surface area contributed by atoms with Crippen LogP contribution in [0, 0.1) is 5.82 Å². The van der Waals surface area contributed by atoms with Crippen LogP contribution >= 0.6 is 11.6 Å². The van der Waals surface area contributed by atoms with Crippen molar-refractivity contribution in [2.75, 3.05) is 6.54 Å². The third-order valence-electron chi connectivity index (χ3n) is 1.98. The highest BCUT2D eigenvalue weighted by molar-refractivity contribution is 7.89. The first-order valence-corrected chi connectivity index (χ1v) is 6.87. The van der Waals surface area contributed by atoms with Crippen LogP contribution in [0.2, 0.25) is 0 Å². The zero-order chi connectivity index (χ0) is 12.2. The molecule has 0 aliphatic rings. The minimum Gasteiger partial charge on any atom is -0.211 e. The molecule has 16 heavy (non-hydrogen) atoms. The normalized spacial score (nSPS) is 11.7. The summed E-state index contributed by atoms with van der Waals surface area (Å²) in [6.45, 7) is 2.11. The molecule has 0 amide bonds. The van der Waals surface area contributed by atoms with Gasteiger partial charge >= 0.3 is 0 Å². The number of benzene rings is 1. The molecule has 0 fully saturated rings. The predicted molar refractivity (Wildman–Crippen MR) is 61.4 cm³/mol. The molecule has 1 rings (SSSR count). The van der Waals surface area contributed by atoms with Gasteiger partial charge in [-0.25, -0.2) is 17.5 Å². The first-order valence-electron chi connectivity index (χ1n) is 4.85. The van der Waals surface area contributed by atoms with E-state index < -0.39 is 15.8 Å². The fourth-order valence-corrected chi connectivity index (χ4v) is 2.58. The van der Waals surface area contributed by atoms with Crippen LogP contribution in [0.4, 0.5) is 4.39 Å². The van der Waals surface area contributed by atoms with Crippen molar-refractivity contribution in [3.05, 3.63) is 29.6 Å². The van der Waals surface area contributed by atoms with Gasteiger partial charge in [0, 0.05) is 12.4 Å². The van der Waals surface area contributed by atoms with E-state index in [-0.39, 0.29) is 17.3 Å². The lowest BCUT2D eigenvalue weighted by Crippen LogP contribution is -2.25. The quantitative estimate of drug-likeness (QED) is 0.830. The molecule has 3 nitrogen and oxygen atoms in total. The minimum absolute atomic E-state index is 0.149. The van der Waals surface area contributed by atoms with Gasteiger partial charge in [0.15, 0.2) is 0 Å². The molecule has 1 aromatic rings. The van der Waals surface area contributed by atoms with E-state index in [0.29, 0.717) is 12.0 Å². The Morgan fingerprint density at radius 3 is 2.69 bits per heavy atom. The maximum atomic E-state index is 13.4. The van der Waals surface area contributed by atoms with Crippen LogP contribution in [0.3, 0.4) is 0 Å². The Hall–Kier alpha value is -0.650. The molecular weight excluding hydrogens is 253 g/mol. The van der Waals surface area contributed by atoms with E-state index in [9.17, 15) is 12.8 Å². The highest BCUT2D eigenvalue weighted by Gasteiger charge is 2.18. The zero-order valence-corrected chi connectivity index (χ0v) is 10.4. The van der Waals surface area contributed by atoms with Gasteiger partial charge in [0.2, 0.25) is 10.0 Å². The average Bonchev–Trinajstić information content (AvgIpc) is 2.27. The van der Waals surface area contributed by atoms with Crippen LogP contribution in [-0.4, -0.2) is 15.0 Å². The number of sulfonamides is 1. The SMILES string of the molecule is CCCNS(=O)(=O)c1cc(CCl)ccc1F. The average molecular weight is 266 g/mol. The molecule has 0 radical (unpaired) electrons. The van der Waals surface area contributed by atoms with E-state index in [1.807, 2.05) is 6.92 Å². The second-order valence-corrected chi connectivity index (χ2v) is 5.30. The second-order valence-electron chi connectivity index (χ2n) is 3.30. The summed E-state index contributed by atoms with van der Waals surface area (Å²) in [6, 6.07) is 3.82. The topological polar surface area (TPSA) is 46.2 Å². The van der Waals surface area contributed by atoms with Crippen LogP contribution < -0.4 is 4.72 Å². The van der Waals surface area contributed by atoms with E-state index in [1.54, 1.807) is 0 Å². The first-order chi connectivity index (χ1) is 7.51. The van der Waals surface area contributed by atoms with Crippen LogP contribution in [-0.2, 0) is 15.9 Å². The van der Waals surface area contributed by atoms with Crippen LogP contribution in [0.25, 0.3) is 0 Å². The van der Waals surface area contributed by atoms with E-state index in [0.717, 1.165) is 6.07 Å². The van der Waals surface area contributed by atoms with Gasteiger partial charge in [-0.05, 0) is 24.1 Å². The predicted octanol–water partition coefficient (Wildman–Crippen LogP) is 2.25. The van der Waals surface area contributed by atoms with Crippen molar-refractivity contribution in [1.82, 2.24) is 4.72 Å². The molecular formula is C10H13ClFNO2S. The van der Waals surface area contributed by atoms with E-state index >= 15 is 0 Å². The molecule has 0 aliphatic heterocycles.